The first-order chi connectivity index (χ1) is 15.7. The van der Waals surface area contributed by atoms with Gasteiger partial charge in [0, 0.05) is 34.4 Å². The largest absolute Gasteiger partial charge is 0.497 e. The molecule has 3 aromatic rings. The minimum atomic E-state index is -0.395. The number of hydrogen-bond acceptors (Lipinski definition) is 7. The zero-order chi connectivity index (χ0) is 24.0. The number of halogens is 1. The number of nitroso groups, excluding NO2 is 1. The van der Waals surface area contributed by atoms with E-state index in [1.807, 2.05) is 88.5 Å². The summed E-state index contributed by atoms with van der Waals surface area (Å²) in [6.07, 6.45) is 0. The number of fused-ring (bicyclic) bond motifs is 1. The maximum atomic E-state index is 12.7. The third kappa shape index (κ3) is 7.45. The number of carbonyl (C=O) groups excluding carboxylic acids is 1. The number of hydrogen-bond donors (Lipinski definition) is 0. The van der Waals surface area contributed by atoms with Gasteiger partial charge in [0.15, 0.2) is 0 Å². The molecule has 1 atom stereocenters. The van der Waals surface area contributed by atoms with Gasteiger partial charge in [0.05, 0.1) is 13.0 Å². The van der Waals surface area contributed by atoms with Crippen molar-refractivity contribution in [2.45, 2.75) is 38.0 Å². The molecule has 0 aliphatic rings. The highest BCUT2D eigenvalue weighted by Crippen LogP contribution is 2.28. The second-order valence-corrected chi connectivity index (χ2v) is 10.3. The molecule has 0 bridgehead atoms. The molecule has 6 nitrogen and oxygen atoms in total. The molecule has 0 radical (unpaired) electrons. The fourth-order valence-corrected chi connectivity index (χ4v) is 4.27. The molecule has 3 aromatic carbocycles. The SMILES string of the molecule is COc1ccc2cc([C@H](C)C(=O)Oc3ccc(CN(C)CC(C)(C)SN=O)cc3)ccc2c1.Cl. The molecule has 3 rings (SSSR count). The molecule has 0 unspecified atom stereocenters. The van der Waals surface area contributed by atoms with Crippen molar-refractivity contribution in [3.05, 3.63) is 76.7 Å². The third-order valence-corrected chi connectivity index (χ3v) is 6.15. The lowest BCUT2D eigenvalue weighted by molar-refractivity contribution is -0.135. The van der Waals surface area contributed by atoms with Crippen molar-refractivity contribution in [1.82, 2.24) is 4.90 Å². The Balaban J connectivity index is 0.00000408. The van der Waals surface area contributed by atoms with Crippen LogP contribution >= 0.6 is 24.4 Å². The Kier molecular flexibility index (Phi) is 9.91. The highest BCUT2D eigenvalue weighted by Gasteiger charge is 2.22. The van der Waals surface area contributed by atoms with Crippen LogP contribution in [0, 0.1) is 4.91 Å². The van der Waals surface area contributed by atoms with E-state index in [4.69, 9.17) is 9.47 Å². The van der Waals surface area contributed by atoms with E-state index in [-0.39, 0.29) is 23.1 Å². The minimum absolute atomic E-state index is 0. The minimum Gasteiger partial charge on any atom is -0.497 e. The predicted octanol–water partition coefficient (Wildman–Crippen LogP) is 6.60. The van der Waals surface area contributed by atoms with Crippen LogP contribution in [0.5, 0.6) is 11.5 Å². The summed E-state index contributed by atoms with van der Waals surface area (Å²) in [7, 11) is 3.65. The molecule has 0 spiro atoms. The summed E-state index contributed by atoms with van der Waals surface area (Å²) in [5.74, 6) is 0.629. The molecule has 0 N–H and O–H groups in total. The zero-order valence-electron chi connectivity index (χ0n) is 20.1. The van der Waals surface area contributed by atoms with Crippen LogP contribution in [0.25, 0.3) is 10.8 Å². The van der Waals surface area contributed by atoms with E-state index >= 15 is 0 Å². The summed E-state index contributed by atoms with van der Waals surface area (Å²) in [5, 5.41) is 2.11. The van der Waals surface area contributed by atoms with Crippen molar-refractivity contribution in [2.75, 3.05) is 20.7 Å². The molecule has 8 heteroatoms. The van der Waals surface area contributed by atoms with Crippen LogP contribution < -0.4 is 9.47 Å². The lowest BCUT2D eigenvalue weighted by Gasteiger charge is -2.26. The third-order valence-electron chi connectivity index (χ3n) is 5.45. The molecule has 0 amide bonds. The Morgan fingerprint density at radius 1 is 1.03 bits per heavy atom. The Labute approximate surface area is 211 Å². The van der Waals surface area contributed by atoms with Gasteiger partial charge in [0.1, 0.15) is 11.5 Å². The van der Waals surface area contributed by atoms with Crippen LogP contribution in [0.3, 0.4) is 0 Å². The van der Waals surface area contributed by atoms with Crippen LogP contribution in [0.4, 0.5) is 0 Å². The second kappa shape index (κ2) is 12.2. The summed E-state index contributed by atoms with van der Waals surface area (Å²) in [6, 6.07) is 19.4. The normalized spacial score (nSPS) is 12.2. The van der Waals surface area contributed by atoms with Crippen LogP contribution in [0.15, 0.2) is 65.2 Å². The average Bonchev–Trinajstić information content (AvgIpc) is 2.78. The molecule has 0 saturated carbocycles. The van der Waals surface area contributed by atoms with E-state index in [0.717, 1.165) is 52.7 Å². The van der Waals surface area contributed by atoms with Crippen LogP contribution in [-0.4, -0.2) is 36.3 Å². The van der Waals surface area contributed by atoms with E-state index in [1.165, 1.54) is 0 Å². The molecule has 34 heavy (non-hydrogen) atoms. The molecule has 0 aliphatic carbocycles. The van der Waals surface area contributed by atoms with E-state index < -0.39 is 5.92 Å². The highest BCUT2D eigenvalue weighted by atomic mass is 35.5. The Hall–Kier alpha value is -2.61. The van der Waals surface area contributed by atoms with Crippen molar-refractivity contribution in [3.8, 4) is 11.5 Å². The summed E-state index contributed by atoms with van der Waals surface area (Å²) >= 11 is 1.05. The first kappa shape index (κ1) is 27.6. The van der Waals surface area contributed by atoms with Gasteiger partial charge < -0.3 is 14.4 Å². The quantitative estimate of drug-likeness (QED) is 0.134. The monoisotopic (exact) mass is 502 g/mol. The van der Waals surface area contributed by atoms with Crippen molar-refractivity contribution < 1.29 is 14.3 Å². The van der Waals surface area contributed by atoms with Gasteiger partial charge in [0.2, 0.25) is 0 Å². The Morgan fingerprint density at radius 2 is 1.65 bits per heavy atom. The summed E-state index contributed by atoms with van der Waals surface area (Å²) < 4.78 is 13.6. The van der Waals surface area contributed by atoms with Gasteiger partial charge in [-0.05, 0) is 74.0 Å². The van der Waals surface area contributed by atoms with Crippen molar-refractivity contribution in [1.29, 1.82) is 0 Å². The van der Waals surface area contributed by atoms with Gasteiger partial charge in [-0.3, -0.25) is 4.79 Å². The fourth-order valence-electron chi connectivity index (χ4n) is 3.79. The molecule has 0 aliphatic heterocycles. The lowest BCUT2D eigenvalue weighted by Crippen LogP contribution is -2.33. The molecular formula is C26H31ClN2O4S. The Morgan fingerprint density at radius 3 is 2.29 bits per heavy atom. The van der Waals surface area contributed by atoms with Gasteiger partial charge in [0.25, 0.3) is 0 Å². The van der Waals surface area contributed by atoms with Crippen LogP contribution in [-0.2, 0) is 11.3 Å². The number of ether oxygens (including phenoxy) is 2. The molecular weight excluding hydrogens is 472 g/mol. The molecule has 0 aromatic heterocycles. The van der Waals surface area contributed by atoms with E-state index in [1.54, 1.807) is 7.11 Å². The van der Waals surface area contributed by atoms with E-state index in [9.17, 15) is 9.70 Å². The summed E-state index contributed by atoms with van der Waals surface area (Å²) in [4.78, 5) is 25.4. The number of methoxy groups -OCH3 is 1. The molecule has 0 fully saturated rings. The topological polar surface area (TPSA) is 68.2 Å². The van der Waals surface area contributed by atoms with Crippen molar-refractivity contribution in [2.24, 2.45) is 4.58 Å². The first-order valence-corrected chi connectivity index (χ1v) is 11.6. The number of esters is 1. The Bertz CT molecular complexity index is 1120. The van der Waals surface area contributed by atoms with Gasteiger partial charge in [-0.15, -0.1) is 17.3 Å². The zero-order valence-corrected chi connectivity index (χ0v) is 21.7. The summed E-state index contributed by atoms with van der Waals surface area (Å²) in [5.41, 5.74) is 2.00. The van der Waals surface area contributed by atoms with E-state index in [0.29, 0.717) is 5.75 Å². The van der Waals surface area contributed by atoms with Crippen molar-refractivity contribution in [3.63, 3.8) is 0 Å². The summed E-state index contributed by atoms with van der Waals surface area (Å²) in [6.45, 7) is 7.27. The first-order valence-electron chi connectivity index (χ1n) is 10.8. The highest BCUT2D eigenvalue weighted by molar-refractivity contribution is 7.99. The number of rotatable bonds is 10. The van der Waals surface area contributed by atoms with Gasteiger partial charge in [-0.25, -0.2) is 0 Å². The maximum Gasteiger partial charge on any atom is 0.318 e. The van der Waals surface area contributed by atoms with E-state index in [2.05, 4.69) is 9.48 Å². The lowest BCUT2D eigenvalue weighted by atomic mass is 9.98. The predicted molar refractivity (Wildman–Crippen MR) is 142 cm³/mol. The van der Waals surface area contributed by atoms with Crippen molar-refractivity contribution >= 4 is 41.1 Å². The molecule has 182 valence electrons. The van der Waals surface area contributed by atoms with Crippen LogP contribution in [0.2, 0.25) is 0 Å². The fraction of sp³-hybridized carbons (Fsp3) is 0.346. The number of carbonyl (C=O) groups is 1. The van der Waals surface area contributed by atoms with Gasteiger partial charge >= 0.3 is 5.97 Å². The smallest absolute Gasteiger partial charge is 0.318 e. The standard InChI is InChI=1S/C26H30N2O4S.ClH/c1-18(20-8-9-22-15-24(31-5)13-10-21(22)14-20)25(29)32-23-11-6-19(7-12-23)16-28(4)17-26(2,3)33-27-30;/h6-15,18H,16-17H2,1-5H3;1H/t18-;/m0./s1. The average molecular weight is 503 g/mol. The number of nitrogens with zero attached hydrogens (tertiary/aromatic N) is 2. The van der Waals surface area contributed by atoms with Gasteiger partial charge in [-0.2, -0.15) is 0 Å². The maximum absolute atomic E-state index is 12.7. The second-order valence-electron chi connectivity index (χ2n) is 8.86. The molecule has 0 heterocycles. The molecule has 0 saturated heterocycles. The van der Waals surface area contributed by atoms with Crippen LogP contribution in [0.1, 0.15) is 37.8 Å². The van der Waals surface area contributed by atoms with Gasteiger partial charge in [-0.1, -0.05) is 36.4 Å². The number of benzene rings is 3.